The molecule has 1 aliphatic rings. The normalized spacial score (nSPS) is 15.4. The number of carboxylic acid groups (broad SMARTS) is 1. The molecule has 4 rings (SSSR count). The fraction of sp³-hybridized carbons (Fsp3) is 0.333. The summed E-state index contributed by atoms with van der Waals surface area (Å²) in [6.45, 7) is 2.69. The van der Waals surface area contributed by atoms with Crippen LogP contribution in [-0.4, -0.2) is 59.7 Å². The van der Waals surface area contributed by atoms with Gasteiger partial charge in [0.2, 0.25) is 0 Å². The van der Waals surface area contributed by atoms with Crippen LogP contribution >= 0.6 is 11.6 Å². The average molecular weight is 547 g/mol. The first-order chi connectivity index (χ1) is 17.7. The van der Waals surface area contributed by atoms with E-state index in [2.05, 4.69) is 9.88 Å². The molecule has 10 heteroatoms. The Bertz CT molecular complexity index is 1200. The van der Waals surface area contributed by atoms with Crippen molar-refractivity contribution in [3.63, 3.8) is 0 Å². The number of rotatable bonds is 9. The standard InChI is InChI=1S/C21H25ClN2O3.C6H6O3S/c22-17-8-6-16(7-9-17)21(19-4-1-2-12-23-19)27-18-10-14-24(15-11-18)13-3-5-20(25)26;7-10(8,9)6-4-2-1-3-5-6/h1-2,4,6-9,12,18,21H,3,5,10-11,13-15H2,(H,25,26);1-5H,(H,7,8,9)/t21-;/m0./s1. The number of carboxylic acids is 1. The molecular weight excluding hydrogens is 516 g/mol. The molecule has 0 amide bonds. The van der Waals surface area contributed by atoms with Gasteiger partial charge in [-0.25, -0.2) is 0 Å². The van der Waals surface area contributed by atoms with Crippen LogP contribution in [0.3, 0.4) is 0 Å². The molecule has 0 unspecified atom stereocenters. The number of likely N-dealkylation sites (tertiary alicyclic amines) is 1. The van der Waals surface area contributed by atoms with Gasteiger partial charge in [-0.1, -0.05) is 48.0 Å². The molecule has 3 aromatic rings. The third-order valence-electron chi connectivity index (χ3n) is 5.90. The predicted octanol–water partition coefficient (Wildman–Crippen LogP) is 5.10. The molecule has 1 saturated heterocycles. The number of benzene rings is 2. The lowest BCUT2D eigenvalue weighted by Crippen LogP contribution is -2.38. The van der Waals surface area contributed by atoms with E-state index in [-0.39, 0.29) is 23.5 Å². The molecule has 0 bridgehead atoms. The molecule has 2 heterocycles. The maximum atomic E-state index is 10.7. The van der Waals surface area contributed by atoms with E-state index in [1.54, 1.807) is 24.4 Å². The number of ether oxygens (including phenoxy) is 1. The van der Waals surface area contributed by atoms with E-state index >= 15 is 0 Å². The van der Waals surface area contributed by atoms with Crippen LogP contribution in [0, 0.1) is 0 Å². The summed E-state index contributed by atoms with van der Waals surface area (Å²) in [6, 6.07) is 21.0. The lowest BCUT2D eigenvalue weighted by atomic mass is 10.0. The zero-order chi connectivity index (χ0) is 26.7. The van der Waals surface area contributed by atoms with Crippen molar-refractivity contribution in [3.8, 4) is 0 Å². The highest BCUT2D eigenvalue weighted by atomic mass is 35.5. The third kappa shape index (κ3) is 9.87. The Hall–Kier alpha value is -2.82. The summed E-state index contributed by atoms with van der Waals surface area (Å²) in [5, 5.41) is 9.47. The predicted molar refractivity (Wildman–Crippen MR) is 141 cm³/mol. The summed E-state index contributed by atoms with van der Waals surface area (Å²) >= 11 is 6.03. The van der Waals surface area contributed by atoms with Crippen molar-refractivity contribution in [2.45, 2.75) is 42.8 Å². The largest absolute Gasteiger partial charge is 0.481 e. The van der Waals surface area contributed by atoms with Crippen molar-refractivity contribution in [1.29, 1.82) is 0 Å². The summed E-state index contributed by atoms with van der Waals surface area (Å²) in [4.78, 5) is 17.4. The van der Waals surface area contributed by atoms with Gasteiger partial charge in [-0.3, -0.25) is 14.3 Å². The van der Waals surface area contributed by atoms with Crippen molar-refractivity contribution >= 4 is 27.7 Å². The van der Waals surface area contributed by atoms with E-state index in [0.29, 0.717) is 11.4 Å². The highest BCUT2D eigenvalue weighted by Crippen LogP contribution is 2.29. The molecule has 0 saturated carbocycles. The Labute approximate surface area is 222 Å². The number of hydrogen-bond donors (Lipinski definition) is 2. The fourth-order valence-electron chi connectivity index (χ4n) is 4.00. The molecular formula is C27H31ClN2O6S. The van der Waals surface area contributed by atoms with E-state index in [1.165, 1.54) is 12.1 Å². The molecule has 1 atom stereocenters. The fourth-order valence-corrected chi connectivity index (χ4v) is 4.62. The van der Waals surface area contributed by atoms with E-state index in [0.717, 1.165) is 43.7 Å². The van der Waals surface area contributed by atoms with Gasteiger partial charge < -0.3 is 14.7 Å². The zero-order valence-electron chi connectivity index (χ0n) is 20.3. The van der Waals surface area contributed by atoms with Crippen LogP contribution in [0.5, 0.6) is 0 Å². The molecule has 0 aliphatic carbocycles. The highest BCUT2D eigenvalue weighted by Gasteiger charge is 2.25. The van der Waals surface area contributed by atoms with Crippen molar-refractivity contribution in [2.75, 3.05) is 19.6 Å². The molecule has 198 valence electrons. The van der Waals surface area contributed by atoms with Crippen LogP contribution in [0.2, 0.25) is 5.02 Å². The summed E-state index contributed by atoms with van der Waals surface area (Å²) < 4.78 is 35.7. The molecule has 2 aromatic carbocycles. The van der Waals surface area contributed by atoms with Crippen molar-refractivity contribution < 1.29 is 27.6 Å². The van der Waals surface area contributed by atoms with Gasteiger partial charge in [0.15, 0.2) is 0 Å². The Morgan fingerprint density at radius 1 is 1.03 bits per heavy atom. The minimum absolute atomic E-state index is 0.0741. The van der Waals surface area contributed by atoms with E-state index in [1.807, 2.05) is 42.5 Å². The Morgan fingerprint density at radius 3 is 2.22 bits per heavy atom. The number of hydrogen-bond acceptors (Lipinski definition) is 6. The molecule has 1 aromatic heterocycles. The summed E-state index contributed by atoms with van der Waals surface area (Å²) in [6.07, 6.45) is 4.52. The second-order valence-corrected chi connectivity index (χ2v) is 10.5. The molecule has 2 N–H and O–H groups in total. The van der Waals surface area contributed by atoms with Gasteiger partial charge in [0.05, 0.1) is 16.7 Å². The Kier molecular flexibility index (Phi) is 11.0. The first kappa shape index (κ1) is 28.7. The summed E-state index contributed by atoms with van der Waals surface area (Å²) in [5.74, 6) is -0.727. The minimum atomic E-state index is -4.00. The smallest absolute Gasteiger partial charge is 0.303 e. The SMILES string of the molecule is O=C(O)CCCN1CCC(O[C@@H](c2ccc(Cl)cc2)c2ccccn2)CC1.O=S(=O)(O)c1ccccc1. The molecule has 0 spiro atoms. The van der Waals surface area contributed by atoms with Gasteiger partial charge in [0, 0.05) is 30.7 Å². The Balaban J connectivity index is 0.000000319. The number of aliphatic carboxylic acids is 1. The van der Waals surface area contributed by atoms with Gasteiger partial charge in [0.1, 0.15) is 6.10 Å². The first-order valence-electron chi connectivity index (χ1n) is 12.0. The number of pyridine rings is 1. The lowest BCUT2D eigenvalue weighted by molar-refractivity contribution is -0.137. The molecule has 1 aliphatic heterocycles. The van der Waals surface area contributed by atoms with Gasteiger partial charge in [-0.2, -0.15) is 8.42 Å². The first-order valence-corrected chi connectivity index (χ1v) is 13.8. The Morgan fingerprint density at radius 2 is 1.68 bits per heavy atom. The number of piperidine rings is 1. The zero-order valence-corrected chi connectivity index (χ0v) is 21.9. The van der Waals surface area contributed by atoms with Gasteiger partial charge >= 0.3 is 5.97 Å². The maximum Gasteiger partial charge on any atom is 0.303 e. The number of nitrogens with zero attached hydrogens (tertiary/aromatic N) is 2. The summed E-state index contributed by atoms with van der Waals surface area (Å²) in [7, 11) is -4.00. The molecule has 0 radical (unpaired) electrons. The topological polar surface area (TPSA) is 117 Å². The van der Waals surface area contributed by atoms with Crippen LogP contribution < -0.4 is 0 Å². The van der Waals surface area contributed by atoms with Crippen LogP contribution in [0.4, 0.5) is 0 Å². The van der Waals surface area contributed by atoms with Crippen molar-refractivity contribution in [3.05, 3.63) is 95.3 Å². The van der Waals surface area contributed by atoms with Crippen molar-refractivity contribution in [2.24, 2.45) is 0 Å². The third-order valence-corrected chi connectivity index (χ3v) is 7.02. The number of halogens is 1. The monoisotopic (exact) mass is 546 g/mol. The molecule has 8 nitrogen and oxygen atoms in total. The molecule has 1 fully saturated rings. The summed E-state index contributed by atoms with van der Waals surface area (Å²) in [5.41, 5.74) is 1.94. The second-order valence-electron chi connectivity index (χ2n) is 8.65. The number of aromatic nitrogens is 1. The van der Waals surface area contributed by atoms with Crippen LogP contribution in [-0.2, 0) is 19.6 Å². The quantitative estimate of drug-likeness (QED) is 0.356. The van der Waals surface area contributed by atoms with E-state index < -0.39 is 16.1 Å². The lowest BCUT2D eigenvalue weighted by Gasteiger charge is -2.34. The van der Waals surface area contributed by atoms with E-state index in [9.17, 15) is 13.2 Å². The van der Waals surface area contributed by atoms with Crippen LogP contribution in [0.25, 0.3) is 0 Å². The average Bonchev–Trinajstić information content (AvgIpc) is 2.89. The molecule has 37 heavy (non-hydrogen) atoms. The van der Waals surface area contributed by atoms with Gasteiger partial charge in [-0.15, -0.1) is 0 Å². The maximum absolute atomic E-state index is 10.7. The van der Waals surface area contributed by atoms with Crippen LogP contribution in [0.1, 0.15) is 43.0 Å². The van der Waals surface area contributed by atoms with E-state index in [4.69, 9.17) is 26.0 Å². The highest BCUT2D eigenvalue weighted by molar-refractivity contribution is 7.85. The minimum Gasteiger partial charge on any atom is -0.481 e. The van der Waals surface area contributed by atoms with Gasteiger partial charge in [-0.05, 0) is 67.8 Å². The second kappa shape index (κ2) is 14.2. The van der Waals surface area contributed by atoms with Crippen molar-refractivity contribution in [1.82, 2.24) is 9.88 Å². The van der Waals surface area contributed by atoms with Gasteiger partial charge in [0.25, 0.3) is 10.1 Å². The number of carbonyl (C=O) groups is 1. The van der Waals surface area contributed by atoms with Crippen LogP contribution in [0.15, 0.2) is 83.9 Å².